The summed E-state index contributed by atoms with van der Waals surface area (Å²) in [6.45, 7) is 4.42. The van der Waals surface area contributed by atoms with Crippen molar-refractivity contribution in [3.63, 3.8) is 0 Å². The van der Waals surface area contributed by atoms with E-state index in [1.807, 2.05) is 6.07 Å². The first-order valence-electron chi connectivity index (χ1n) is 9.24. The molecule has 3 fully saturated rings. The van der Waals surface area contributed by atoms with Crippen molar-refractivity contribution in [2.75, 3.05) is 20.2 Å². The van der Waals surface area contributed by atoms with Crippen LogP contribution in [0, 0.1) is 17.0 Å². The summed E-state index contributed by atoms with van der Waals surface area (Å²) in [6.07, 6.45) is 4.41. The SMILES string of the molecule is CCC1CN2CCC1CC2[C@@H](O)c1cc[n+]([O-])c2ccc(OC)cc12. The summed E-state index contributed by atoms with van der Waals surface area (Å²) >= 11 is 0. The second-order valence-electron chi connectivity index (χ2n) is 7.44. The van der Waals surface area contributed by atoms with E-state index in [2.05, 4.69) is 11.8 Å². The smallest absolute Gasteiger partial charge is 0.224 e. The molecule has 1 aromatic heterocycles. The van der Waals surface area contributed by atoms with Crippen molar-refractivity contribution in [3.05, 3.63) is 41.2 Å². The number of aliphatic hydroxyl groups is 1. The van der Waals surface area contributed by atoms with E-state index in [1.165, 1.54) is 19.0 Å². The predicted molar refractivity (Wildman–Crippen MR) is 96.3 cm³/mol. The van der Waals surface area contributed by atoms with E-state index < -0.39 is 6.10 Å². The highest BCUT2D eigenvalue weighted by Gasteiger charge is 2.42. The number of fused-ring (bicyclic) bond motifs is 4. The molecule has 5 atom stereocenters. The summed E-state index contributed by atoms with van der Waals surface area (Å²) in [5.41, 5.74) is 1.39. The number of nitrogens with zero attached hydrogens (tertiary/aromatic N) is 2. The van der Waals surface area contributed by atoms with Crippen molar-refractivity contribution >= 4 is 10.9 Å². The van der Waals surface area contributed by atoms with E-state index in [0.717, 1.165) is 41.1 Å². The molecule has 2 bridgehead atoms. The van der Waals surface area contributed by atoms with Gasteiger partial charge in [0.15, 0.2) is 6.20 Å². The highest BCUT2D eigenvalue weighted by atomic mass is 16.5. The van der Waals surface area contributed by atoms with Crippen molar-refractivity contribution in [1.29, 1.82) is 0 Å². The Morgan fingerprint density at radius 2 is 2.24 bits per heavy atom. The lowest BCUT2D eigenvalue weighted by Crippen LogP contribution is -2.55. The molecule has 1 N–H and O–H groups in total. The summed E-state index contributed by atoms with van der Waals surface area (Å²) in [5.74, 6) is 2.17. The Labute approximate surface area is 148 Å². The molecule has 3 aliphatic heterocycles. The highest BCUT2D eigenvalue weighted by molar-refractivity contribution is 5.81. The van der Waals surface area contributed by atoms with Gasteiger partial charge in [-0.3, -0.25) is 4.90 Å². The topological polar surface area (TPSA) is 59.6 Å². The van der Waals surface area contributed by atoms with Gasteiger partial charge in [0.05, 0.1) is 18.6 Å². The molecular weight excluding hydrogens is 316 g/mol. The fraction of sp³-hybridized carbons (Fsp3) is 0.550. The van der Waals surface area contributed by atoms with E-state index in [0.29, 0.717) is 17.2 Å². The van der Waals surface area contributed by atoms with Gasteiger partial charge in [0.1, 0.15) is 5.75 Å². The van der Waals surface area contributed by atoms with Crippen LogP contribution in [0.1, 0.15) is 37.9 Å². The number of benzene rings is 1. The van der Waals surface area contributed by atoms with Crippen LogP contribution in [-0.2, 0) is 0 Å². The fourth-order valence-electron chi connectivity index (χ4n) is 4.82. The molecule has 4 unspecified atom stereocenters. The van der Waals surface area contributed by atoms with Gasteiger partial charge in [0, 0.05) is 30.3 Å². The number of aliphatic hydroxyl groups excluding tert-OH is 1. The van der Waals surface area contributed by atoms with Gasteiger partial charge in [-0.2, -0.15) is 4.73 Å². The maximum absolute atomic E-state index is 12.1. The quantitative estimate of drug-likeness (QED) is 0.685. The van der Waals surface area contributed by atoms with Gasteiger partial charge >= 0.3 is 0 Å². The monoisotopic (exact) mass is 342 g/mol. The standard InChI is InChI=1S/C20H26N2O3/c1-3-13-12-21-8-6-14(13)10-19(21)20(23)16-7-9-22(24)18-5-4-15(25-2)11-17(16)18/h4-5,7,9,11,13-14,19-20,23H,3,6,8,10,12H2,1-2H3/t13?,14?,19?,20-/m0/s1. The molecule has 2 aromatic rings. The zero-order valence-electron chi connectivity index (χ0n) is 14.9. The molecule has 5 nitrogen and oxygen atoms in total. The van der Waals surface area contributed by atoms with E-state index in [1.54, 1.807) is 25.3 Å². The minimum Gasteiger partial charge on any atom is -0.618 e. The Bertz CT molecular complexity index is 779. The molecule has 5 heteroatoms. The van der Waals surface area contributed by atoms with Crippen LogP contribution in [0.5, 0.6) is 5.75 Å². The number of ether oxygens (including phenoxy) is 1. The Morgan fingerprint density at radius 3 is 2.92 bits per heavy atom. The Kier molecular flexibility index (Phi) is 4.29. The maximum Gasteiger partial charge on any atom is 0.224 e. The van der Waals surface area contributed by atoms with Crippen molar-refractivity contribution in [3.8, 4) is 5.75 Å². The number of hydrogen-bond donors (Lipinski definition) is 1. The predicted octanol–water partition coefficient (Wildman–Crippen LogP) is 2.64. The van der Waals surface area contributed by atoms with Crippen LogP contribution < -0.4 is 9.47 Å². The molecule has 4 heterocycles. The molecule has 0 aliphatic carbocycles. The summed E-state index contributed by atoms with van der Waals surface area (Å²) in [5, 5.41) is 24.1. The number of hydrogen-bond acceptors (Lipinski definition) is 4. The van der Waals surface area contributed by atoms with E-state index in [9.17, 15) is 10.3 Å². The second-order valence-corrected chi connectivity index (χ2v) is 7.44. The van der Waals surface area contributed by atoms with Gasteiger partial charge in [-0.25, -0.2) is 0 Å². The maximum atomic E-state index is 12.1. The normalized spacial score (nSPS) is 29.7. The minimum absolute atomic E-state index is 0.137. The van der Waals surface area contributed by atoms with E-state index in [4.69, 9.17) is 4.74 Å². The lowest BCUT2D eigenvalue weighted by molar-refractivity contribution is -0.577. The Morgan fingerprint density at radius 1 is 1.40 bits per heavy atom. The molecule has 0 spiro atoms. The third-order valence-electron chi connectivity index (χ3n) is 6.29. The molecule has 0 radical (unpaired) electrons. The van der Waals surface area contributed by atoms with E-state index >= 15 is 0 Å². The first-order valence-corrected chi connectivity index (χ1v) is 9.24. The van der Waals surface area contributed by atoms with Crippen molar-refractivity contribution in [1.82, 2.24) is 4.90 Å². The molecule has 3 aliphatic rings. The van der Waals surface area contributed by atoms with Gasteiger partial charge in [0.25, 0.3) is 0 Å². The number of methoxy groups -OCH3 is 1. The first kappa shape index (κ1) is 16.6. The molecule has 0 saturated carbocycles. The zero-order chi connectivity index (χ0) is 17.6. The highest BCUT2D eigenvalue weighted by Crippen LogP contribution is 2.42. The van der Waals surface area contributed by atoms with Crippen LogP contribution in [0.25, 0.3) is 10.9 Å². The van der Waals surface area contributed by atoms with Gasteiger partial charge in [-0.15, -0.1) is 0 Å². The number of pyridine rings is 1. The van der Waals surface area contributed by atoms with Crippen LogP contribution in [0.2, 0.25) is 0 Å². The third kappa shape index (κ3) is 2.75. The number of piperidine rings is 3. The molecule has 1 aromatic carbocycles. The van der Waals surface area contributed by atoms with Gasteiger partial charge in [-0.1, -0.05) is 13.3 Å². The Hall–Kier alpha value is -1.85. The van der Waals surface area contributed by atoms with Gasteiger partial charge in [-0.05, 0) is 43.4 Å². The lowest BCUT2D eigenvalue weighted by atomic mass is 9.72. The summed E-state index contributed by atoms with van der Waals surface area (Å²) in [4.78, 5) is 2.45. The largest absolute Gasteiger partial charge is 0.618 e. The average molecular weight is 342 g/mol. The molecule has 3 saturated heterocycles. The number of aromatic nitrogens is 1. The van der Waals surface area contributed by atoms with Crippen LogP contribution in [0.3, 0.4) is 0 Å². The molecule has 5 rings (SSSR count). The molecular formula is C20H26N2O3. The van der Waals surface area contributed by atoms with Crippen LogP contribution in [0.4, 0.5) is 0 Å². The van der Waals surface area contributed by atoms with Gasteiger partial charge < -0.3 is 15.1 Å². The fourth-order valence-corrected chi connectivity index (χ4v) is 4.82. The van der Waals surface area contributed by atoms with Crippen LogP contribution in [0.15, 0.2) is 30.5 Å². The van der Waals surface area contributed by atoms with Crippen molar-refractivity contribution < 1.29 is 14.6 Å². The van der Waals surface area contributed by atoms with E-state index in [-0.39, 0.29) is 6.04 Å². The lowest BCUT2D eigenvalue weighted by Gasteiger charge is -2.51. The Balaban J connectivity index is 1.71. The summed E-state index contributed by atoms with van der Waals surface area (Å²) in [7, 11) is 1.61. The second kappa shape index (κ2) is 6.46. The summed E-state index contributed by atoms with van der Waals surface area (Å²) in [6, 6.07) is 7.30. The minimum atomic E-state index is -0.587. The summed E-state index contributed by atoms with van der Waals surface area (Å²) < 4.78 is 6.17. The van der Waals surface area contributed by atoms with Gasteiger partial charge in [0.2, 0.25) is 5.52 Å². The third-order valence-corrected chi connectivity index (χ3v) is 6.29. The molecule has 25 heavy (non-hydrogen) atoms. The zero-order valence-corrected chi connectivity index (χ0v) is 14.9. The first-order chi connectivity index (χ1) is 12.1. The van der Waals surface area contributed by atoms with Crippen LogP contribution >= 0.6 is 0 Å². The van der Waals surface area contributed by atoms with Crippen molar-refractivity contribution in [2.45, 2.75) is 38.3 Å². The molecule has 0 amide bonds. The van der Waals surface area contributed by atoms with Crippen molar-refractivity contribution in [2.24, 2.45) is 11.8 Å². The number of rotatable bonds is 4. The average Bonchev–Trinajstić information content (AvgIpc) is 2.67. The molecule has 134 valence electrons. The van der Waals surface area contributed by atoms with Crippen LogP contribution in [-0.4, -0.2) is 36.2 Å².